The molecule has 5 heteroatoms. The van der Waals surface area contributed by atoms with E-state index in [1.807, 2.05) is 37.3 Å². The zero-order valence-corrected chi connectivity index (χ0v) is 11.7. The largest absolute Gasteiger partial charge is 0.382 e. The fourth-order valence-corrected chi connectivity index (χ4v) is 2.46. The highest BCUT2D eigenvalue weighted by Crippen LogP contribution is 2.21. The molecule has 0 saturated heterocycles. The number of thiazole rings is 1. The summed E-state index contributed by atoms with van der Waals surface area (Å²) in [6.07, 6.45) is 0. The van der Waals surface area contributed by atoms with Gasteiger partial charge in [0.2, 0.25) is 0 Å². The predicted molar refractivity (Wildman–Crippen MR) is 75.3 cm³/mol. The summed E-state index contributed by atoms with van der Waals surface area (Å²) in [6, 6.07) is 9.77. The first-order valence-corrected chi connectivity index (χ1v) is 6.85. The minimum Gasteiger partial charge on any atom is -0.382 e. The van der Waals surface area contributed by atoms with Crippen LogP contribution < -0.4 is 5.32 Å². The highest BCUT2D eigenvalue weighted by atomic mass is 32.1. The zero-order valence-electron chi connectivity index (χ0n) is 10.9. The van der Waals surface area contributed by atoms with Crippen molar-refractivity contribution in [2.75, 3.05) is 13.7 Å². The second-order valence-corrected chi connectivity index (χ2v) is 5.18. The Kier molecular flexibility index (Phi) is 4.29. The third-order valence-corrected chi connectivity index (χ3v) is 3.48. The number of aromatic nitrogens is 1. The first kappa shape index (κ1) is 13.7. The Bertz CT molecular complexity index is 528. The molecule has 1 amide bonds. The Morgan fingerprint density at radius 3 is 2.74 bits per heavy atom. The topological polar surface area (TPSA) is 51.2 Å². The summed E-state index contributed by atoms with van der Waals surface area (Å²) in [5, 5.41) is 4.72. The lowest BCUT2D eigenvalue weighted by molar-refractivity contribution is 0.0782. The molecule has 2 rings (SSSR count). The van der Waals surface area contributed by atoms with Crippen molar-refractivity contribution in [3.63, 3.8) is 0 Å². The average molecular weight is 276 g/mol. The third kappa shape index (κ3) is 3.19. The minimum atomic E-state index is -0.573. The van der Waals surface area contributed by atoms with Crippen LogP contribution in [0.3, 0.4) is 0 Å². The van der Waals surface area contributed by atoms with Crippen LogP contribution in [-0.2, 0) is 10.3 Å². The lowest BCUT2D eigenvalue weighted by Gasteiger charge is -2.30. The van der Waals surface area contributed by atoms with Crippen molar-refractivity contribution in [2.24, 2.45) is 0 Å². The number of carbonyl (C=O) groups is 1. The predicted octanol–water partition coefficient (Wildman–Crippen LogP) is 2.43. The molecule has 0 bridgehead atoms. The van der Waals surface area contributed by atoms with Gasteiger partial charge in [-0.15, -0.1) is 11.3 Å². The van der Waals surface area contributed by atoms with E-state index in [0.29, 0.717) is 12.3 Å². The smallest absolute Gasteiger partial charge is 0.271 e. The van der Waals surface area contributed by atoms with E-state index >= 15 is 0 Å². The standard InChI is InChI=1S/C14H16N2O2S/c1-14(9-18-2,11-6-4-3-5-7-11)16-13(17)12-8-19-10-15-12/h3-8,10H,9H2,1-2H3,(H,16,17)/t14-/m0/s1. The van der Waals surface area contributed by atoms with E-state index in [2.05, 4.69) is 10.3 Å². The lowest BCUT2D eigenvalue weighted by Crippen LogP contribution is -2.46. The molecule has 0 saturated carbocycles. The maximum absolute atomic E-state index is 12.1. The average Bonchev–Trinajstić information content (AvgIpc) is 2.94. The van der Waals surface area contributed by atoms with Gasteiger partial charge in [0.1, 0.15) is 5.69 Å². The molecule has 1 aromatic heterocycles. The van der Waals surface area contributed by atoms with Gasteiger partial charge >= 0.3 is 0 Å². The molecule has 19 heavy (non-hydrogen) atoms. The van der Waals surface area contributed by atoms with Crippen LogP contribution in [-0.4, -0.2) is 24.6 Å². The zero-order chi connectivity index (χ0) is 13.7. The molecule has 2 aromatic rings. The fraction of sp³-hybridized carbons (Fsp3) is 0.286. The SMILES string of the molecule is COC[C@](C)(NC(=O)c1cscn1)c1ccccc1. The van der Waals surface area contributed by atoms with Crippen LogP contribution in [0.1, 0.15) is 23.0 Å². The summed E-state index contributed by atoms with van der Waals surface area (Å²) in [7, 11) is 1.62. The quantitative estimate of drug-likeness (QED) is 0.912. The van der Waals surface area contributed by atoms with Crippen molar-refractivity contribution in [1.82, 2.24) is 10.3 Å². The number of ether oxygens (including phenoxy) is 1. The molecule has 0 radical (unpaired) electrons. The fourth-order valence-electron chi connectivity index (χ4n) is 1.93. The van der Waals surface area contributed by atoms with Crippen molar-refractivity contribution >= 4 is 17.2 Å². The molecule has 4 nitrogen and oxygen atoms in total. The lowest BCUT2D eigenvalue weighted by atomic mass is 9.92. The number of hydrogen-bond acceptors (Lipinski definition) is 4. The summed E-state index contributed by atoms with van der Waals surface area (Å²) >= 11 is 1.40. The molecular formula is C14H16N2O2S. The Morgan fingerprint density at radius 2 is 2.16 bits per heavy atom. The van der Waals surface area contributed by atoms with Gasteiger partial charge < -0.3 is 10.1 Å². The highest BCUT2D eigenvalue weighted by Gasteiger charge is 2.29. The first-order chi connectivity index (χ1) is 9.15. The summed E-state index contributed by atoms with van der Waals surface area (Å²) in [6.45, 7) is 2.34. The molecule has 0 spiro atoms. The Hall–Kier alpha value is -1.72. The van der Waals surface area contributed by atoms with Crippen molar-refractivity contribution in [3.05, 3.63) is 52.5 Å². The number of carbonyl (C=O) groups excluding carboxylic acids is 1. The van der Waals surface area contributed by atoms with E-state index in [0.717, 1.165) is 5.56 Å². The molecule has 0 aliphatic heterocycles. The van der Waals surface area contributed by atoms with Crippen LogP contribution in [0.5, 0.6) is 0 Å². The Labute approximate surface area is 116 Å². The number of hydrogen-bond donors (Lipinski definition) is 1. The van der Waals surface area contributed by atoms with Crippen LogP contribution in [0.25, 0.3) is 0 Å². The Balaban J connectivity index is 2.23. The van der Waals surface area contributed by atoms with Crippen LogP contribution in [0, 0.1) is 0 Å². The highest BCUT2D eigenvalue weighted by molar-refractivity contribution is 7.07. The molecular weight excluding hydrogens is 260 g/mol. The second kappa shape index (κ2) is 5.95. The molecule has 1 heterocycles. The van der Waals surface area contributed by atoms with Crippen molar-refractivity contribution < 1.29 is 9.53 Å². The summed E-state index contributed by atoms with van der Waals surface area (Å²) < 4.78 is 5.25. The van der Waals surface area contributed by atoms with Gasteiger partial charge in [-0.3, -0.25) is 4.79 Å². The number of amides is 1. The second-order valence-electron chi connectivity index (χ2n) is 4.46. The maximum Gasteiger partial charge on any atom is 0.271 e. The van der Waals surface area contributed by atoms with Gasteiger partial charge in [0.25, 0.3) is 5.91 Å². The van der Waals surface area contributed by atoms with Crippen molar-refractivity contribution in [2.45, 2.75) is 12.5 Å². The molecule has 1 N–H and O–H groups in total. The molecule has 1 atom stereocenters. The third-order valence-electron chi connectivity index (χ3n) is 2.90. The van der Waals surface area contributed by atoms with Gasteiger partial charge in [0.15, 0.2) is 0 Å². The van der Waals surface area contributed by atoms with E-state index in [1.54, 1.807) is 18.0 Å². The van der Waals surface area contributed by atoms with Crippen molar-refractivity contribution in [3.8, 4) is 0 Å². The molecule has 100 valence electrons. The van der Waals surface area contributed by atoms with E-state index in [1.165, 1.54) is 11.3 Å². The summed E-state index contributed by atoms with van der Waals surface area (Å²) in [4.78, 5) is 16.2. The molecule has 0 fully saturated rings. The monoisotopic (exact) mass is 276 g/mol. The summed E-state index contributed by atoms with van der Waals surface area (Å²) in [5.74, 6) is -0.190. The van der Waals surface area contributed by atoms with E-state index in [4.69, 9.17) is 4.74 Å². The summed E-state index contributed by atoms with van der Waals surface area (Å²) in [5.41, 5.74) is 2.51. The van der Waals surface area contributed by atoms with Crippen LogP contribution in [0.2, 0.25) is 0 Å². The molecule has 0 aliphatic carbocycles. The van der Waals surface area contributed by atoms with Crippen LogP contribution in [0.15, 0.2) is 41.2 Å². The Morgan fingerprint density at radius 1 is 1.42 bits per heavy atom. The van der Waals surface area contributed by atoms with Gasteiger partial charge in [0, 0.05) is 12.5 Å². The van der Waals surface area contributed by atoms with E-state index in [-0.39, 0.29) is 5.91 Å². The molecule has 1 aromatic carbocycles. The first-order valence-electron chi connectivity index (χ1n) is 5.91. The number of benzene rings is 1. The van der Waals surface area contributed by atoms with Crippen molar-refractivity contribution in [1.29, 1.82) is 0 Å². The van der Waals surface area contributed by atoms with Gasteiger partial charge in [-0.2, -0.15) is 0 Å². The van der Waals surface area contributed by atoms with Gasteiger partial charge in [0.05, 0.1) is 17.7 Å². The molecule has 0 unspecified atom stereocenters. The van der Waals surface area contributed by atoms with Crippen LogP contribution in [0.4, 0.5) is 0 Å². The van der Waals surface area contributed by atoms with Gasteiger partial charge in [-0.05, 0) is 12.5 Å². The number of methoxy groups -OCH3 is 1. The van der Waals surface area contributed by atoms with Crippen LogP contribution >= 0.6 is 11.3 Å². The normalized spacial score (nSPS) is 13.8. The minimum absolute atomic E-state index is 0.190. The number of nitrogens with zero attached hydrogens (tertiary/aromatic N) is 1. The van der Waals surface area contributed by atoms with E-state index in [9.17, 15) is 4.79 Å². The molecule has 0 aliphatic rings. The van der Waals surface area contributed by atoms with E-state index < -0.39 is 5.54 Å². The number of nitrogens with one attached hydrogen (secondary N) is 1. The van der Waals surface area contributed by atoms with Gasteiger partial charge in [-0.1, -0.05) is 30.3 Å². The maximum atomic E-state index is 12.1. The van der Waals surface area contributed by atoms with Gasteiger partial charge in [-0.25, -0.2) is 4.98 Å². The number of rotatable bonds is 5.